The Morgan fingerprint density at radius 2 is 1.87 bits per heavy atom. The maximum absolute atomic E-state index is 9.38. The Kier molecular flexibility index (Phi) is 2.59. The molecule has 0 saturated carbocycles. The van der Waals surface area contributed by atoms with Gasteiger partial charge in [0.15, 0.2) is 0 Å². The number of hydrogen-bond acceptors (Lipinski definition) is 2. The van der Waals surface area contributed by atoms with Gasteiger partial charge in [-0.1, -0.05) is 36.4 Å². The van der Waals surface area contributed by atoms with E-state index in [-0.39, 0.29) is 5.95 Å². The summed E-state index contributed by atoms with van der Waals surface area (Å²) in [5.74, 6) is -0.0443. The van der Waals surface area contributed by atoms with Crippen LogP contribution in [0.1, 0.15) is 5.56 Å². The van der Waals surface area contributed by atoms with Crippen molar-refractivity contribution in [2.24, 2.45) is 0 Å². The Labute approximate surface area is 88.8 Å². The second kappa shape index (κ2) is 4.05. The lowest BCUT2D eigenvalue weighted by Gasteiger charge is -1.99. The molecule has 2 nitrogen and oxygen atoms in total. The molecule has 1 aromatic carbocycles. The van der Waals surface area contributed by atoms with E-state index in [1.54, 1.807) is 0 Å². The lowest BCUT2D eigenvalue weighted by molar-refractivity contribution is 0.134. The fourth-order valence-corrected chi connectivity index (χ4v) is 1.50. The van der Waals surface area contributed by atoms with Crippen molar-refractivity contribution in [3.05, 3.63) is 65.6 Å². The lowest BCUT2D eigenvalue weighted by Crippen LogP contribution is -1.86. The van der Waals surface area contributed by atoms with Crippen molar-refractivity contribution in [3.8, 4) is 0 Å². The molecule has 1 N–H and O–H groups in total. The van der Waals surface area contributed by atoms with Crippen LogP contribution in [0.25, 0.3) is 5.57 Å². The van der Waals surface area contributed by atoms with Crippen LogP contribution >= 0.6 is 0 Å². The van der Waals surface area contributed by atoms with Crippen LogP contribution in [0.15, 0.2) is 60.1 Å². The van der Waals surface area contributed by atoms with Gasteiger partial charge in [0, 0.05) is 0 Å². The van der Waals surface area contributed by atoms with Crippen LogP contribution in [0.4, 0.5) is 0 Å². The van der Waals surface area contributed by atoms with Gasteiger partial charge in [-0.15, -0.1) is 0 Å². The van der Waals surface area contributed by atoms with Crippen LogP contribution in [0, 0.1) is 0 Å². The van der Waals surface area contributed by atoms with Crippen molar-refractivity contribution in [1.29, 1.82) is 0 Å². The van der Waals surface area contributed by atoms with E-state index >= 15 is 0 Å². The van der Waals surface area contributed by atoms with E-state index in [4.69, 9.17) is 4.74 Å². The van der Waals surface area contributed by atoms with Gasteiger partial charge in [-0.2, -0.15) is 0 Å². The van der Waals surface area contributed by atoms with Crippen LogP contribution in [-0.4, -0.2) is 12.2 Å². The smallest absolute Gasteiger partial charge is 0.283 e. The SMILES string of the molecule is COC(O)=C1C=CC(c2ccccc2)=C1. The number of benzene rings is 1. The van der Waals surface area contributed by atoms with E-state index in [0.29, 0.717) is 5.57 Å². The molecule has 0 amide bonds. The van der Waals surface area contributed by atoms with E-state index in [9.17, 15) is 5.11 Å². The Morgan fingerprint density at radius 3 is 2.53 bits per heavy atom. The second-order valence-corrected chi connectivity index (χ2v) is 3.26. The Hall–Kier alpha value is -1.96. The average Bonchev–Trinajstić information content (AvgIpc) is 2.78. The highest BCUT2D eigenvalue weighted by atomic mass is 16.6. The highest BCUT2D eigenvalue weighted by Gasteiger charge is 2.08. The first-order chi connectivity index (χ1) is 7.31. The summed E-state index contributed by atoms with van der Waals surface area (Å²) in [5.41, 5.74) is 2.92. The average molecular weight is 200 g/mol. The normalized spacial score (nSPS) is 17.5. The predicted octanol–water partition coefficient (Wildman–Crippen LogP) is 3.06. The van der Waals surface area contributed by atoms with Gasteiger partial charge in [0.25, 0.3) is 5.95 Å². The van der Waals surface area contributed by atoms with Crippen molar-refractivity contribution in [2.45, 2.75) is 0 Å². The molecule has 2 heteroatoms. The zero-order valence-corrected chi connectivity index (χ0v) is 8.47. The fourth-order valence-electron chi connectivity index (χ4n) is 1.50. The van der Waals surface area contributed by atoms with E-state index in [2.05, 4.69) is 0 Å². The molecule has 0 spiro atoms. The monoisotopic (exact) mass is 200 g/mol. The van der Waals surface area contributed by atoms with Crippen molar-refractivity contribution in [3.63, 3.8) is 0 Å². The Morgan fingerprint density at radius 1 is 1.13 bits per heavy atom. The summed E-state index contributed by atoms with van der Waals surface area (Å²) in [7, 11) is 1.45. The van der Waals surface area contributed by atoms with Crippen molar-refractivity contribution < 1.29 is 9.84 Å². The number of allylic oxidation sites excluding steroid dienone is 5. The molecule has 1 aromatic rings. The molecule has 0 radical (unpaired) electrons. The second-order valence-electron chi connectivity index (χ2n) is 3.26. The summed E-state index contributed by atoms with van der Waals surface area (Å²) < 4.78 is 4.76. The molecule has 0 aliphatic heterocycles. The summed E-state index contributed by atoms with van der Waals surface area (Å²) in [6, 6.07) is 10.0. The molecule has 1 aliphatic rings. The zero-order chi connectivity index (χ0) is 10.7. The molecular weight excluding hydrogens is 188 g/mol. The maximum atomic E-state index is 9.38. The largest absolute Gasteiger partial charge is 0.481 e. The first-order valence-corrected chi connectivity index (χ1v) is 4.73. The summed E-state index contributed by atoms with van der Waals surface area (Å²) in [6.45, 7) is 0. The first kappa shape index (κ1) is 9.59. The van der Waals surface area contributed by atoms with E-state index in [1.165, 1.54) is 7.11 Å². The number of ether oxygens (including phenoxy) is 1. The van der Waals surface area contributed by atoms with Gasteiger partial charge < -0.3 is 9.84 Å². The molecule has 2 rings (SSSR count). The third-order valence-electron chi connectivity index (χ3n) is 2.30. The topological polar surface area (TPSA) is 29.5 Å². The molecule has 0 atom stereocenters. The number of methoxy groups -OCH3 is 1. The third kappa shape index (κ3) is 1.94. The molecule has 15 heavy (non-hydrogen) atoms. The minimum absolute atomic E-state index is 0.0443. The molecular formula is C13H12O2. The molecule has 1 aliphatic carbocycles. The number of rotatable bonds is 2. The van der Waals surface area contributed by atoms with Gasteiger partial charge >= 0.3 is 0 Å². The highest BCUT2D eigenvalue weighted by molar-refractivity contribution is 5.81. The minimum Gasteiger partial charge on any atom is -0.481 e. The standard InChI is InChI=1S/C13H12O2/c1-15-13(14)12-8-7-11(9-12)10-5-3-2-4-6-10/h2-9,14H,1H3. The molecule has 76 valence electrons. The number of aliphatic hydroxyl groups excluding tert-OH is 1. The minimum atomic E-state index is -0.0443. The van der Waals surface area contributed by atoms with E-state index in [1.807, 2.05) is 48.6 Å². The molecule has 0 unspecified atom stereocenters. The van der Waals surface area contributed by atoms with Crippen LogP contribution in [0.5, 0.6) is 0 Å². The van der Waals surface area contributed by atoms with Crippen molar-refractivity contribution >= 4 is 5.57 Å². The number of hydrogen-bond donors (Lipinski definition) is 1. The fraction of sp³-hybridized carbons (Fsp3) is 0.0769. The lowest BCUT2D eigenvalue weighted by atomic mass is 10.1. The van der Waals surface area contributed by atoms with Gasteiger partial charge in [0.05, 0.1) is 12.7 Å². The van der Waals surface area contributed by atoms with Gasteiger partial charge in [-0.3, -0.25) is 0 Å². The molecule has 0 heterocycles. The zero-order valence-electron chi connectivity index (χ0n) is 8.47. The van der Waals surface area contributed by atoms with E-state index in [0.717, 1.165) is 11.1 Å². The number of aliphatic hydroxyl groups is 1. The predicted molar refractivity (Wildman–Crippen MR) is 60.2 cm³/mol. The highest BCUT2D eigenvalue weighted by Crippen LogP contribution is 2.25. The van der Waals surface area contributed by atoms with Gasteiger partial charge in [-0.05, 0) is 23.3 Å². The van der Waals surface area contributed by atoms with Crippen LogP contribution < -0.4 is 0 Å². The van der Waals surface area contributed by atoms with Gasteiger partial charge in [-0.25, -0.2) is 0 Å². The van der Waals surface area contributed by atoms with Gasteiger partial charge in [0.1, 0.15) is 0 Å². The van der Waals surface area contributed by atoms with Gasteiger partial charge in [0.2, 0.25) is 0 Å². The summed E-state index contributed by atoms with van der Waals surface area (Å²) in [5, 5.41) is 9.38. The first-order valence-electron chi connectivity index (χ1n) is 4.73. The Bertz CT molecular complexity index is 439. The molecule has 0 fully saturated rings. The third-order valence-corrected chi connectivity index (χ3v) is 2.30. The van der Waals surface area contributed by atoms with Crippen LogP contribution in [-0.2, 0) is 4.74 Å². The van der Waals surface area contributed by atoms with Crippen molar-refractivity contribution in [2.75, 3.05) is 7.11 Å². The molecule has 0 saturated heterocycles. The Balaban J connectivity index is 2.33. The maximum Gasteiger partial charge on any atom is 0.283 e. The molecule has 0 bridgehead atoms. The van der Waals surface area contributed by atoms with Crippen LogP contribution in [0.2, 0.25) is 0 Å². The quantitative estimate of drug-likeness (QED) is 0.743. The summed E-state index contributed by atoms with van der Waals surface area (Å²) in [4.78, 5) is 0. The summed E-state index contributed by atoms with van der Waals surface area (Å²) >= 11 is 0. The van der Waals surface area contributed by atoms with E-state index < -0.39 is 0 Å². The molecule has 0 aromatic heterocycles. The summed E-state index contributed by atoms with van der Waals surface area (Å²) in [6.07, 6.45) is 5.69. The van der Waals surface area contributed by atoms with Crippen molar-refractivity contribution in [1.82, 2.24) is 0 Å². The van der Waals surface area contributed by atoms with Crippen LogP contribution in [0.3, 0.4) is 0 Å².